The number of thioether (sulfide) groups is 1. The first-order valence-electron chi connectivity index (χ1n) is 9.43. The van der Waals surface area contributed by atoms with Gasteiger partial charge in [0.1, 0.15) is 17.9 Å². The SMILES string of the molecule is COc1ccc2c(COC(=O)c3ccc(SCc4csc(C)n4)cc3)cc(=O)oc2c1. The van der Waals surface area contributed by atoms with Crippen molar-refractivity contribution >= 4 is 40.0 Å². The molecule has 8 heteroatoms. The van der Waals surface area contributed by atoms with Crippen LogP contribution in [0, 0.1) is 6.92 Å². The van der Waals surface area contributed by atoms with Crippen molar-refractivity contribution in [1.29, 1.82) is 0 Å². The van der Waals surface area contributed by atoms with E-state index < -0.39 is 11.6 Å². The number of carbonyl (C=O) groups is 1. The lowest BCUT2D eigenvalue weighted by molar-refractivity contribution is 0.0473. The van der Waals surface area contributed by atoms with Crippen molar-refractivity contribution in [2.24, 2.45) is 0 Å². The number of hydrogen-bond acceptors (Lipinski definition) is 8. The monoisotopic (exact) mass is 453 g/mol. The zero-order valence-electron chi connectivity index (χ0n) is 16.9. The van der Waals surface area contributed by atoms with Gasteiger partial charge in [-0.1, -0.05) is 0 Å². The number of nitrogens with zero attached hydrogens (tertiary/aromatic N) is 1. The Labute approximate surface area is 186 Å². The Morgan fingerprint density at radius 1 is 1.16 bits per heavy atom. The summed E-state index contributed by atoms with van der Waals surface area (Å²) < 4.78 is 15.8. The second kappa shape index (κ2) is 9.36. The number of benzene rings is 2. The number of thiazole rings is 1. The highest BCUT2D eigenvalue weighted by atomic mass is 32.2. The van der Waals surface area contributed by atoms with E-state index in [1.807, 2.05) is 19.1 Å². The third-order valence-corrected chi connectivity index (χ3v) is 6.41. The van der Waals surface area contributed by atoms with Gasteiger partial charge in [0.05, 0.1) is 23.4 Å². The molecule has 2 heterocycles. The number of esters is 1. The van der Waals surface area contributed by atoms with Gasteiger partial charge in [0.25, 0.3) is 0 Å². The van der Waals surface area contributed by atoms with Gasteiger partial charge in [0.2, 0.25) is 0 Å². The Morgan fingerprint density at radius 3 is 2.68 bits per heavy atom. The van der Waals surface area contributed by atoms with Gasteiger partial charge in [-0.3, -0.25) is 0 Å². The molecule has 2 aromatic carbocycles. The van der Waals surface area contributed by atoms with Crippen LogP contribution in [0.5, 0.6) is 5.75 Å². The molecule has 0 unspecified atom stereocenters. The van der Waals surface area contributed by atoms with Crippen molar-refractivity contribution in [3.63, 3.8) is 0 Å². The maximum absolute atomic E-state index is 12.5. The predicted molar refractivity (Wildman–Crippen MR) is 121 cm³/mol. The van der Waals surface area contributed by atoms with Crippen LogP contribution in [0.1, 0.15) is 26.6 Å². The van der Waals surface area contributed by atoms with Crippen molar-refractivity contribution in [3.05, 3.63) is 86.2 Å². The largest absolute Gasteiger partial charge is 0.497 e. The van der Waals surface area contributed by atoms with E-state index in [1.165, 1.54) is 13.2 Å². The molecule has 0 radical (unpaired) electrons. The van der Waals surface area contributed by atoms with E-state index in [0.717, 1.165) is 21.3 Å². The number of aromatic nitrogens is 1. The van der Waals surface area contributed by atoms with Crippen LogP contribution < -0.4 is 10.4 Å². The van der Waals surface area contributed by atoms with Crippen molar-refractivity contribution in [2.75, 3.05) is 7.11 Å². The standard InChI is InChI=1S/C23H19NO5S2/c1-14-24-17(12-30-14)13-31-19-6-3-15(4-7-19)23(26)28-11-16-9-22(25)29-21-10-18(27-2)5-8-20(16)21/h3-10,12H,11,13H2,1-2H3. The molecule has 0 aliphatic rings. The Morgan fingerprint density at radius 2 is 1.97 bits per heavy atom. The lowest BCUT2D eigenvalue weighted by atomic mass is 10.1. The molecular formula is C23H19NO5S2. The second-order valence-corrected chi connectivity index (χ2v) is 8.81. The number of carbonyl (C=O) groups excluding carboxylic acids is 1. The van der Waals surface area contributed by atoms with Gasteiger partial charge in [-0.25, -0.2) is 14.6 Å². The van der Waals surface area contributed by atoms with Crippen LogP contribution >= 0.6 is 23.1 Å². The molecule has 4 rings (SSSR count). The van der Waals surface area contributed by atoms with E-state index in [-0.39, 0.29) is 6.61 Å². The summed E-state index contributed by atoms with van der Waals surface area (Å²) in [7, 11) is 1.54. The van der Waals surface area contributed by atoms with Gasteiger partial charge in [0.15, 0.2) is 0 Å². The number of aryl methyl sites for hydroxylation is 1. The Bertz CT molecular complexity index is 1280. The third kappa shape index (κ3) is 5.15. The average Bonchev–Trinajstić information content (AvgIpc) is 3.20. The molecule has 0 saturated carbocycles. The molecule has 0 atom stereocenters. The van der Waals surface area contributed by atoms with Crippen molar-refractivity contribution in [2.45, 2.75) is 24.2 Å². The predicted octanol–water partition coefficient (Wildman–Crippen LogP) is 5.22. The molecule has 6 nitrogen and oxygen atoms in total. The minimum atomic E-state index is -0.511. The van der Waals surface area contributed by atoms with E-state index in [4.69, 9.17) is 13.9 Å². The highest BCUT2D eigenvalue weighted by Crippen LogP contribution is 2.25. The zero-order chi connectivity index (χ0) is 21.8. The number of fused-ring (bicyclic) bond motifs is 1. The quantitative estimate of drug-likeness (QED) is 0.216. The normalized spacial score (nSPS) is 10.9. The fourth-order valence-corrected chi connectivity index (χ4v) is 4.51. The van der Waals surface area contributed by atoms with Crippen LogP contribution in [0.4, 0.5) is 0 Å². The second-order valence-electron chi connectivity index (χ2n) is 6.70. The van der Waals surface area contributed by atoms with Crippen LogP contribution in [0.15, 0.2) is 68.0 Å². The topological polar surface area (TPSA) is 78.6 Å². The summed E-state index contributed by atoms with van der Waals surface area (Å²) in [5, 5.41) is 3.80. The Hall–Kier alpha value is -3.10. The number of rotatable bonds is 7. The smallest absolute Gasteiger partial charge is 0.338 e. The van der Waals surface area contributed by atoms with Crippen molar-refractivity contribution in [1.82, 2.24) is 4.98 Å². The molecular weight excluding hydrogens is 434 g/mol. The summed E-state index contributed by atoms with van der Waals surface area (Å²) in [6.45, 7) is 1.95. The molecule has 0 amide bonds. The highest BCUT2D eigenvalue weighted by Gasteiger charge is 2.12. The zero-order valence-corrected chi connectivity index (χ0v) is 18.5. The summed E-state index contributed by atoms with van der Waals surface area (Å²) in [5.41, 5.74) is 1.95. The number of hydrogen-bond donors (Lipinski definition) is 0. The molecule has 31 heavy (non-hydrogen) atoms. The van der Waals surface area contributed by atoms with Gasteiger partial charge < -0.3 is 13.9 Å². The van der Waals surface area contributed by atoms with Crippen molar-refractivity contribution < 1.29 is 18.7 Å². The fourth-order valence-electron chi connectivity index (χ4n) is 3.00. The fraction of sp³-hybridized carbons (Fsp3) is 0.174. The van der Waals surface area contributed by atoms with Gasteiger partial charge in [-0.2, -0.15) is 0 Å². The van der Waals surface area contributed by atoms with Gasteiger partial charge in [-0.15, -0.1) is 23.1 Å². The third-order valence-electron chi connectivity index (χ3n) is 4.54. The average molecular weight is 454 g/mol. The lowest BCUT2D eigenvalue weighted by Crippen LogP contribution is -2.08. The molecule has 0 spiro atoms. The van der Waals surface area contributed by atoms with Crippen molar-refractivity contribution in [3.8, 4) is 5.75 Å². The van der Waals surface area contributed by atoms with Gasteiger partial charge in [-0.05, 0) is 43.3 Å². The van der Waals surface area contributed by atoms with Gasteiger partial charge >= 0.3 is 11.6 Å². The molecule has 0 bridgehead atoms. The van der Waals surface area contributed by atoms with Crippen LogP contribution in [0.2, 0.25) is 0 Å². The Balaban J connectivity index is 1.41. The summed E-state index contributed by atoms with van der Waals surface area (Å²) in [4.78, 5) is 29.8. The first kappa shape index (κ1) is 21.1. The lowest BCUT2D eigenvalue weighted by Gasteiger charge is -2.08. The molecule has 158 valence electrons. The van der Waals surface area contributed by atoms with E-state index in [2.05, 4.69) is 10.4 Å². The first-order valence-corrected chi connectivity index (χ1v) is 11.3. The summed E-state index contributed by atoms with van der Waals surface area (Å²) in [6, 6.07) is 13.7. The first-order chi connectivity index (χ1) is 15.0. The molecule has 0 N–H and O–H groups in total. The Kier molecular flexibility index (Phi) is 6.39. The minimum absolute atomic E-state index is 0.0348. The van der Waals surface area contributed by atoms with E-state index in [0.29, 0.717) is 27.8 Å². The molecule has 2 aromatic heterocycles. The molecule has 4 aromatic rings. The van der Waals surface area contributed by atoms with E-state index >= 15 is 0 Å². The maximum atomic E-state index is 12.5. The summed E-state index contributed by atoms with van der Waals surface area (Å²) in [6.07, 6.45) is 0. The van der Waals surface area contributed by atoms with Crippen LogP contribution in [0.3, 0.4) is 0 Å². The van der Waals surface area contributed by atoms with E-state index in [9.17, 15) is 9.59 Å². The number of ether oxygens (including phenoxy) is 2. The van der Waals surface area contributed by atoms with E-state index in [1.54, 1.807) is 53.4 Å². The minimum Gasteiger partial charge on any atom is -0.497 e. The number of methoxy groups -OCH3 is 1. The molecule has 0 saturated heterocycles. The van der Waals surface area contributed by atoms with Gasteiger partial charge in [0, 0.05) is 39.1 Å². The molecule has 0 aliphatic heterocycles. The van der Waals surface area contributed by atoms with Crippen LogP contribution in [0.25, 0.3) is 11.0 Å². The molecule has 0 fully saturated rings. The van der Waals surface area contributed by atoms with Crippen LogP contribution in [-0.2, 0) is 17.1 Å². The van der Waals surface area contributed by atoms with Crippen LogP contribution in [-0.4, -0.2) is 18.1 Å². The maximum Gasteiger partial charge on any atom is 0.338 e. The highest BCUT2D eigenvalue weighted by molar-refractivity contribution is 7.98. The molecule has 0 aliphatic carbocycles. The summed E-state index contributed by atoms with van der Waals surface area (Å²) >= 11 is 3.30. The summed E-state index contributed by atoms with van der Waals surface area (Å²) in [5.74, 6) is 0.900.